The van der Waals surface area contributed by atoms with E-state index in [2.05, 4.69) is 6.92 Å². The SMILES string of the molecule is CCCC1CCC2CC(OC(=O)C3CCC(C4CCC(COc5ccc(OCC)c(F)c5F)CC4)CC3)CCC2C1. The van der Waals surface area contributed by atoms with Crippen LogP contribution in [0.4, 0.5) is 8.78 Å². The molecule has 1 aromatic rings. The molecule has 4 aliphatic rings. The minimum absolute atomic E-state index is 0.0364. The molecule has 41 heavy (non-hydrogen) atoms. The second-order valence-electron chi connectivity index (χ2n) is 13.7. The number of hydrogen-bond donors (Lipinski definition) is 0. The summed E-state index contributed by atoms with van der Waals surface area (Å²) in [7, 11) is 0. The largest absolute Gasteiger partial charge is 0.491 e. The Balaban J connectivity index is 0.989. The lowest BCUT2D eigenvalue weighted by atomic mass is 9.66. The summed E-state index contributed by atoms with van der Waals surface area (Å²) in [5.41, 5.74) is 0. The third-order valence-corrected chi connectivity index (χ3v) is 11.1. The molecule has 230 valence electrons. The number of carbonyl (C=O) groups excluding carboxylic acids is 1. The first-order valence-corrected chi connectivity index (χ1v) is 16.9. The van der Waals surface area contributed by atoms with Crippen molar-refractivity contribution in [2.45, 2.75) is 123 Å². The van der Waals surface area contributed by atoms with Crippen LogP contribution in [0.3, 0.4) is 0 Å². The number of ether oxygens (including phenoxy) is 3. The maximum absolute atomic E-state index is 14.4. The summed E-state index contributed by atoms with van der Waals surface area (Å²) in [5.74, 6) is 2.40. The van der Waals surface area contributed by atoms with E-state index in [1.807, 2.05) is 0 Å². The normalized spacial score (nSPS) is 34.0. The van der Waals surface area contributed by atoms with E-state index < -0.39 is 11.6 Å². The predicted molar refractivity (Wildman–Crippen MR) is 157 cm³/mol. The Bertz CT molecular complexity index is 983. The van der Waals surface area contributed by atoms with Crippen molar-refractivity contribution in [3.63, 3.8) is 0 Å². The first kappa shape index (κ1) is 30.6. The highest BCUT2D eigenvalue weighted by Crippen LogP contribution is 2.46. The molecular formula is C35H52F2O4. The standard InChI is InChI=1S/C35H52F2O4/c1-3-5-23-6-11-29-21-30(17-16-28(29)20-23)41-35(38)27-14-12-26(13-15-27)25-9-7-24(8-10-25)22-40-32-19-18-31(39-4-2)33(36)34(32)37/h18-19,23-30H,3-17,20-22H2,1-2H3. The Hall–Kier alpha value is -1.85. The van der Waals surface area contributed by atoms with Gasteiger partial charge < -0.3 is 14.2 Å². The molecule has 4 unspecified atom stereocenters. The summed E-state index contributed by atoms with van der Waals surface area (Å²) in [4.78, 5) is 13.1. The zero-order chi connectivity index (χ0) is 28.8. The van der Waals surface area contributed by atoms with Gasteiger partial charge in [0.2, 0.25) is 11.6 Å². The van der Waals surface area contributed by atoms with Crippen LogP contribution in [0.25, 0.3) is 0 Å². The fourth-order valence-electron chi connectivity index (χ4n) is 8.73. The molecule has 0 heterocycles. The van der Waals surface area contributed by atoms with Gasteiger partial charge in [-0.2, -0.15) is 8.78 Å². The van der Waals surface area contributed by atoms with Gasteiger partial charge in [-0.05, 0) is 138 Å². The van der Waals surface area contributed by atoms with Gasteiger partial charge in [0.05, 0.1) is 19.1 Å². The second-order valence-corrected chi connectivity index (χ2v) is 13.7. The fraction of sp³-hybridized carbons (Fsp3) is 0.800. The molecule has 0 radical (unpaired) electrons. The molecule has 0 aliphatic heterocycles. The molecule has 1 aromatic carbocycles. The molecule has 4 atom stereocenters. The van der Waals surface area contributed by atoms with E-state index in [0.29, 0.717) is 24.4 Å². The van der Waals surface area contributed by atoms with E-state index in [1.54, 1.807) is 6.92 Å². The molecule has 4 aliphatic carbocycles. The second kappa shape index (κ2) is 14.6. The number of rotatable bonds is 10. The van der Waals surface area contributed by atoms with E-state index in [9.17, 15) is 13.6 Å². The highest BCUT2D eigenvalue weighted by Gasteiger charge is 2.38. The molecule has 5 rings (SSSR count). The van der Waals surface area contributed by atoms with Crippen LogP contribution in [0.15, 0.2) is 12.1 Å². The maximum Gasteiger partial charge on any atom is 0.309 e. The van der Waals surface area contributed by atoms with Gasteiger partial charge >= 0.3 is 5.97 Å². The van der Waals surface area contributed by atoms with Crippen molar-refractivity contribution in [1.82, 2.24) is 0 Å². The van der Waals surface area contributed by atoms with Gasteiger partial charge in [-0.3, -0.25) is 4.79 Å². The Morgan fingerprint density at radius 1 is 0.707 bits per heavy atom. The molecule has 0 saturated heterocycles. The van der Waals surface area contributed by atoms with Crippen molar-refractivity contribution in [3.8, 4) is 11.5 Å². The summed E-state index contributed by atoms with van der Waals surface area (Å²) in [6.45, 7) is 4.74. The zero-order valence-corrected chi connectivity index (χ0v) is 25.4. The number of hydrogen-bond acceptors (Lipinski definition) is 4. The van der Waals surface area contributed by atoms with E-state index in [4.69, 9.17) is 14.2 Å². The first-order chi connectivity index (χ1) is 19.9. The van der Waals surface area contributed by atoms with Gasteiger partial charge in [-0.1, -0.05) is 26.2 Å². The molecular weight excluding hydrogens is 522 g/mol. The molecule has 4 saturated carbocycles. The van der Waals surface area contributed by atoms with Gasteiger partial charge in [0.15, 0.2) is 11.5 Å². The molecule has 4 fully saturated rings. The van der Waals surface area contributed by atoms with E-state index >= 15 is 0 Å². The molecule has 0 aromatic heterocycles. The van der Waals surface area contributed by atoms with Crippen LogP contribution in [0, 0.1) is 53.1 Å². The maximum atomic E-state index is 14.4. The van der Waals surface area contributed by atoms with Gasteiger partial charge in [-0.15, -0.1) is 0 Å². The quantitative estimate of drug-likeness (QED) is 0.261. The summed E-state index contributed by atoms with van der Waals surface area (Å²) in [6, 6.07) is 2.89. The minimum Gasteiger partial charge on any atom is -0.491 e. The fourth-order valence-corrected chi connectivity index (χ4v) is 8.73. The molecule has 0 bridgehead atoms. The Labute approximate surface area is 246 Å². The molecule has 6 heteroatoms. The summed E-state index contributed by atoms with van der Waals surface area (Å²) in [5, 5.41) is 0. The predicted octanol–water partition coefficient (Wildman–Crippen LogP) is 9.28. The lowest BCUT2D eigenvalue weighted by Crippen LogP contribution is -2.37. The summed E-state index contributed by atoms with van der Waals surface area (Å²) in [6.07, 6.45) is 18.9. The van der Waals surface area contributed by atoms with Crippen molar-refractivity contribution >= 4 is 5.97 Å². The van der Waals surface area contributed by atoms with Crippen LogP contribution in [0.2, 0.25) is 0 Å². The van der Waals surface area contributed by atoms with Crippen molar-refractivity contribution in [3.05, 3.63) is 23.8 Å². The van der Waals surface area contributed by atoms with Gasteiger partial charge in [-0.25, -0.2) is 0 Å². The van der Waals surface area contributed by atoms with Crippen LogP contribution in [0.1, 0.15) is 117 Å². The van der Waals surface area contributed by atoms with Gasteiger partial charge in [0.1, 0.15) is 6.10 Å². The number of fused-ring (bicyclic) bond motifs is 1. The number of esters is 1. The molecule has 4 nitrogen and oxygen atoms in total. The third kappa shape index (κ3) is 7.76. The van der Waals surface area contributed by atoms with E-state index in [1.165, 1.54) is 50.7 Å². The average molecular weight is 575 g/mol. The van der Waals surface area contributed by atoms with E-state index in [-0.39, 0.29) is 36.1 Å². The molecule has 0 N–H and O–H groups in total. The minimum atomic E-state index is -0.982. The Kier molecular flexibility index (Phi) is 10.9. The van der Waals surface area contributed by atoms with Crippen molar-refractivity contribution in [2.75, 3.05) is 13.2 Å². The number of carbonyl (C=O) groups is 1. The molecule has 0 spiro atoms. The lowest BCUT2D eigenvalue weighted by molar-refractivity contribution is -0.159. The zero-order valence-electron chi connectivity index (χ0n) is 25.4. The smallest absolute Gasteiger partial charge is 0.309 e. The van der Waals surface area contributed by atoms with Crippen LogP contribution >= 0.6 is 0 Å². The van der Waals surface area contributed by atoms with Crippen LogP contribution < -0.4 is 9.47 Å². The number of benzene rings is 1. The average Bonchev–Trinajstić information content (AvgIpc) is 3.00. The van der Waals surface area contributed by atoms with Crippen LogP contribution in [-0.2, 0) is 9.53 Å². The first-order valence-electron chi connectivity index (χ1n) is 16.9. The van der Waals surface area contributed by atoms with Crippen molar-refractivity contribution in [1.29, 1.82) is 0 Å². The highest BCUT2D eigenvalue weighted by molar-refractivity contribution is 5.72. The third-order valence-electron chi connectivity index (χ3n) is 11.1. The highest BCUT2D eigenvalue weighted by atomic mass is 19.2. The number of halogens is 2. The van der Waals surface area contributed by atoms with E-state index in [0.717, 1.165) is 82.0 Å². The summed E-state index contributed by atoms with van der Waals surface area (Å²) < 4.78 is 45.5. The topological polar surface area (TPSA) is 44.8 Å². The Morgan fingerprint density at radius 2 is 1.27 bits per heavy atom. The van der Waals surface area contributed by atoms with Gasteiger partial charge in [0.25, 0.3) is 0 Å². The Morgan fingerprint density at radius 3 is 1.93 bits per heavy atom. The summed E-state index contributed by atoms with van der Waals surface area (Å²) >= 11 is 0. The molecule has 0 amide bonds. The monoisotopic (exact) mass is 574 g/mol. The van der Waals surface area contributed by atoms with Gasteiger partial charge in [0, 0.05) is 0 Å². The lowest BCUT2D eigenvalue weighted by Gasteiger charge is -2.42. The van der Waals surface area contributed by atoms with Crippen molar-refractivity contribution < 1.29 is 27.8 Å². The van der Waals surface area contributed by atoms with Crippen LogP contribution in [-0.4, -0.2) is 25.3 Å². The van der Waals surface area contributed by atoms with Crippen molar-refractivity contribution in [2.24, 2.45) is 41.4 Å². The van der Waals surface area contributed by atoms with Crippen LogP contribution in [0.5, 0.6) is 11.5 Å².